The molecule has 0 bridgehead atoms. The zero-order valence-electron chi connectivity index (χ0n) is 8.87. The maximum atomic E-state index is 6.13. The Labute approximate surface area is 106 Å². The Bertz CT molecular complexity index is 336. The van der Waals surface area contributed by atoms with Crippen molar-refractivity contribution >= 4 is 28.3 Å². The van der Waals surface area contributed by atoms with E-state index < -0.39 is 0 Å². The van der Waals surface area contributed by atoms with Crippen LogP contribution in [-0.4, -0.2) is 0 Å². The van der Waals surface area contributed by atoms with Gasteiger partial charge in [0.2, 0.25) is 0 Å². The molecule has 1 aromatic carbocycles. The molecule has 84 valence electrons. The van der Waals surface area contributed by atoms with Gasteiger partial charge < -0.3 is 5.73 Å². The van der Waals surface area contributed by atoms with Crippen LogP contribution in [0, 0.1) is 12.8 Å². The molecule has 2 rings (SSSR count). The summed E-state index contributed by atoms with van der Waals surface area (Å²) in [5.41, 5.74) is 8.66. The van der Waals surface area contributed by atoms with Gasteiger partial charge in [0.25, 0.3) is 0 Å². The molecule has 1 aliphatic carbocycles. The number of benzene rings is 1. The molecule has 0 aromatic heterocycles. The van der Waals surface area contributed by atoms with E-state index in [4.69, 9.17) is 5.73 Å². The zero-order valence-corrected chi connectivity index (χ0v) is 11.3. The van der Waals surface area contributed by atoms with E-state index in [9.17, 15) is 0 Å². The van der Waals surface area contributed by atoms with Gasteiger partial charge >= 0.3 is 0 Å². The van der Waals surface area contributed by atoms with E-state index in [1.165, 1.54) is 28.4 Å². The second kappa shape index (κ2) is 5.33. The van der Waals surface area contributed by atoms with Gasteiger partial charge in [-0.15, -0.1) is 12.4 Å². The van der Waals surface area contributed by atoms with Gasteiger partial charge in [0, 0.05) is 10.5 Å². The monoisotopic (exact) mass is 289 g/mol. The highest BCUT2D eigenvalue weighted by Gasteiger charge is 2.24. The van der Waals surface area contributed by atoms with Crippen LogP contribution < -0.4 is 5.73 Å². The first kappa shape index (κ1) is 13.0. The molecule has 0 spiro atoms. The van der Waals surface area contributed by atoms with Gasteiger partial charge in [-0.05, 0) is 36.5 Å². The van der Waals surface area contributed by atoms with E-state index in [0.717, 1.165) is 12.3 Å². The van der Waals surface area contributed by atoms with Crippen LogP contribution in [0.5, 0.6) is 0 Å². The largest absolute Gasteiger partial charge is 0.324 e. The second-order valence-electron chi connectivity index (χ2n) is 4.29. The summed E-state index contributed by atoms with van der Waals surface area (Å²) in [6.45, 7) is 2.10. The van der Waals surface area contributed by atoms with Gasteiger partial charge in [-0.2, -0.15) is 0 Å². The number of rotatable bonds is 3. The van der Waals surface area contributed by atoms with Gasteiger partial charge in [0.15, 0.2) is 0 Å². The molecule has 0 amide bonds. The standard InChI is InChI=1S/C12H16BrN.ClH/c1-8-2-5-10(7-11(8)13)12(14)6-9-3-4-9;/h2,5,7,9,12H,3-4,6,14H2,1H3;1H/t12-;/m1./s1. The molecule has 1 nitrogen and oxygen atoms in total. The first-order valence-electron chi connectivity index (χ1n) is 5.18. The van der Waals surface area contributed by atoms with Gasteiger partial charge in [0.1, 0.15) is 0 Å². The number of hydrogen-bond acceptors (Lipinski definition) is 1. The molecule has 2 N–H and O–H groups in total. The number of halogens is 2. The van der Waals surface area contributed by atoms with Crippen LogP contribution in [-0.2, 0) is 0 Å². The normalized spacial score (nSPS) is 17.0. The summed E-state index contributed by atoms with van der Waals surface area (Å²) in [6, 6.07) is 6.65. The average Bonchev–Trinajstić information content (AvgIpc) is 2.93. The van der Waals surface area contributed by atoms with Crippen molar-refractivity contribution in [2.24, 2.45) is 11.7 Å². The minimum atomic E-state index is 0. The van der Waals surface area contributed by atoms with E-state index >= 15 is 0 Å². The summed E-state index contributed by atoms with van der Waals surface area (Å²) in [4.78, 5) is 0. The molecular weight excluding hydrogens is 273 g/mol. The minimum Gasteiger partial charge on any atom is -0.324 e. The second-order valence-corrected chi connectivity index (χ2v) is 5.15. The molecule has 0 unspecified atom stereocenters. The summed E-state index contributed by atoms with van der Waals surface area (Å²) in [7, 11) is 0. The number of aryl methyl sites for hydroxylation is 1. The van der Waals surface area contributed by atoms with Crippen molar-refractivity contribution < 1.29 is 0 Å². The summed E-state index contributed by atoms with van der Waals surface area (Å²) < 4.78 is 1.17. The fourth-order valence-corrected chi connectivity index (χ4v) is 2.08. The number of nitrogens with two attached hydrogens (primary N) is 1. The SMILES string of the molecule is Cc1ccc([C@H](N)CC2CC2)cc1Br.Cl. The Morgan fingerprint density at radius 2 is 2.13 bits per heavy atom. The van der Waals surface area contributed by atoms with Crippen molar-refractivity contribution in [3.05, 3.63) is 33.8 Å². The Hall–Kier alpha value is -0.0500. The van der Waals surface area contributed by atoms with E-state index in [-0.39, 0.29) is 18.4 Å². The molecule has 3 heteroatoms. The molecule has 15 heavy (non-hydrogen) atoms. The Kier molecular flexibility index (Phi) is 4.63. The van der Waals surface area contributed by atoms with Crippen molar-refractivity contribution in [1.29, 1.82) is 0 Å². The predicted octanol–water partition coefficient (Wildman–Crippen LogP) is 3.98. The first-order valence-corrected chi connectivity index (χ1v) is 5.98. The Balaban J connectivity index is 0.00000112. The van der Waals surface area contributed by atoms with Crippen LogP contribution in [0.1, 0.15) is 36.4 Å². The molecule has 1 aliphatic rings. The molecular formula is C12H17BrClN. The fraction of sp³-hybridized carbons (Fsp3) is 0.500. The molecule has 0 aliphatic heterocycles. The van der Waals surface area contributed by atoms with E-state index in [0.29, 0.717) is 0 Å². The van der Waals surface area contributed by atoms with Crippen LogP contribution in [0.4, 0.5) is 0 Å². The lowest BCUT2D eigenvalue weighted by Crippen LogP contribution is -2.10. The highest BCUT2D eigenvalue weighted by atomic mass is 79.9. The van der Waals surface area contributed by atoms with E-state index in [2.05, 4.69) is 41.1 Å². The van der Waals surface area contributed by atoms with Crippen molar-refractivity contribution in [1.82, 2.24) is 0 Å². The first-order chi connectivity index (χ1) is 6.66. The van der Waals surface area contributed by atoms with Crippen molar-refractivity contribution in [3.63, 3.8) is 0 Å². The van der Waals surface area contributed by atoms with Crippen LogP contribution in [0.3, 0.4) is 0 Å². The maximum absolute atomic E-state index is 6.13. The van der Waals surface area contributed by atoms with Crippen molar-refractivity contribution in [2.45, 2.75) is 32.2 Å². The maximum Gasteiger partial charge on any atom is 0.0297 e. The molecule has 1 saturated carbocycles. The van der Waals surface area contributed by atoms with Crippen LogP contribution in [0.15, 0.2) is 22.7 Å². The van der Waals surface area contributed by atoms with Crippen molar-refractivity contribution in [2.75, 3.05) is 0 Å². The van der Waals surface area contributed by atoms with Crippen molar-refractivity contribution in [3.8, 4) is 0 Å². The molecule has 0 saturated heterocycles. The van der Waals surface area contributed by atoms with Gasteiger partial charge in [0.05, 0.1) is 0 Å². The average molecular weight is 291 g/mol. The quantitative estimate of drug-likeness (QED) is 0.895. The third-order valence-electron chi connectivity index (χ3n) is 2.91. The smallest absolute Gasteiger partial charge is 0.0297 e. The van der Waals surface area contributed by atoms with Crippen LogP contribution in [0.25, 0.3) is 0 Å². The Morgan fingerprint density at radius 1 is 1.47 bits per heavy atom. The zero-order chi connectivity index (χ0) is 10.1. The van der Waals surface area contributed by atoms with Gasteiger partial charge in [-0.25, -0.2) is 0 Å². The topological polar surface area (TPSA) is 26.0 Å². The van der Waals surface area contributed by atoms with Gasteiger partial charge in [-0.1, -0.05) is 40.9 Å². The van der Waals surface area contributed by atoms with E-state index in [1.54, 1.807) is 0 Å². The molecule has 1 atom stereocenters. The predicted molar refractivity (Wildman–Crippen MR) is 70.4 cm³/mol. The molecule has 0 radical (unpaired) electrons. The summed E-state index contributed by atoms with van der Waals surface area (Å²) in [5.74, 6) is 0.894. The molecule has 1 aromatic rings. The third kappa shape index (κ3) is 3.47. The van der Waals surface area contributed by atoms with Crippen LogP contribution >= 0.6 is 28.3 Å². The lowest BCUT2D eigenvalue weighted by Gasteiger charge is -2.12. The van der Waals surface area contributed by atoms with Gasteiger partial charge in [-0.3, -0.25) is 0 Å². The summed E-state index contributed by atoms with van der Waals surface area (Å²) in [6.07, 6.45) is 3.90. The molecule has 1 fully saturated rings. The number of hydrogen-bond donors (Lipinski definition) is 1. The minimum absolute atomic E-state index is 0. The Morgan fingerprint density at radius 3 is 2.67 bits per heavy atom. The lowest BCUT2D eigenvalue weighted by molar-refractivity contribution is 0.596. The molecule has 0 heterocycles. The lowest BCUT2D eigenvalue weighted by atomic mass is 10.0. The third-order valence-corrected chi connectivity index (χ3v) is 3.76. The van der Waals surface area contributed by atoms with E-state index in [1.807, 2.05) is 0 Å². The fourth-order valence-electron chi connectivity index (χ4n) is 1.69. The highest BCUT2D eigenvalue weighted by molar-refractivity contribution is 9.10. The summed E-state index contributed by atoms with van der Waals surface area (Å²) in [5, 5.41) is 0. The summed E-state index contributed by atoms with van der Waals surface area (Å²) >= 11 is 3.54. The highest BCUT2D eigenvalue weighted by Crippen LogP contribution is 2.37. The van der Waals surface area contributed by atoms with Crippen LogP contribution in [0.2, 0.25) is 0 Å².